The molecule has 1 fully saturated rings. The van der Waals surface area contributed by atoms with Gasteiger partial charge in [0.2, 0.25) is 5.91 Å². The molecule has 0 N–H and O–H groups in total. The van der Waals surface area contributed by atoms with Gasteiger partial charge in [-0.25, -0.2) is 9.89 Å². The number of thioether (sulfide) groups is 1. The molecule has 0 aliphatic carbocycles. The van der Waals surface area contributed by atoms with Gasteiger partial charge in [-0.3, -0.25) is 14.4 Å². The smallest absolute Gasteiger partial charge is 0.416 e. The third-order valence-electron chi connectivity index (χ3n) is 4.34. The first-order chi connectivity index (χ1) is 15.9. The van der Waals surface area contributed by atoms with E-state index in [0.29, 0.717) is 10.0 Å². The van der Waals surface area contributed by atoms with Crippen LogP contribution in [0.4, 0.5) is 18.9 Å². The van der Waals surface area contributed by atoms with Crippen LogP contribution in [-0.4, -0.2) is 35.0 Å². The molecule has 0 bridgehead atoms. The van der Waals surface area contributed by atoms with Crippen molar-refractivity contribution in [2.24, 2.45) is 4.99 Å². The molecule has 0 radical (unpaired) electrons. The quantitative estimate of drug-likeness (QED) is 0.279. The third-order valence-corrected chi connectivity index (χ3v) is 6.00. The number of rotatable bonds is 4. The number of aliphatic imine (C=N–C) groups is 1. The Bertz CT molecular complexity index is 1240. The molecule has 1 aliphatic rings. The number of esters is 1. The molecule has 2 amide bonds. The first kappa shape index (κ1) is 25.5. The predicted molar refractivity (Wildman–Crippen MR) is 124 cm³/mol. The fraction of sp³-hybridized carbons (Fsp3) is 0.182. The number of benzene rings is 2. The highest BCUT2D eigenvalue weighted by Crippen LogP contribution is 2.39. The molecule has 2 aromatic rings. The summed E-state index contributed by atoms with van der Waals surface area (Å²) in [6.45, 7) is 2.38. The Hall–Kier alpha value is -3.12. The SMILES string of the molecule is COc1cc(/C=C2\SC(=Nc3cccc(C(F)(F)F)c3)N(C(C)=O)C2=O)c(Br)cc1OC(C)=O. The second kappa shape index (κ2) is 10.0. The minimum Gasteiger partial charge on any atom is -0.493 e. The van der Waals surface area contributed by atoms with Gasteiger partial charge < -0.3 is 9.47 Å². The van der Waals surface area contributed by atoms with Gasteiger partial charge in [0.15, 0.2) is 16.7 Å². The van der Waals surface area contributed by atoms with Crippen LogP contribution in [0.2, 0.25) is 0 Å². The minimum absolute atomic E-state index is 0.0637. The number of nitrogens with zero attached hydrogens (tertiary/aromatic N) is 2. The van der Waals surface area contributed by atoms with Crippen LogP contribution in [0.5, 0.6) is 11.5 Å². The predicted octanol–water partition coefficient (Wildman–Crippen LogP) is 5.55. The molecule has 178 valence electrons. The Morgan fingerprint density at radius 2 is 1.85 bits per heavy atom. The summed E-state index contributed by atoms with van der Waals surface area (Å²) in [5.41, 5.74) is -0.503. The topological polar surface area (TPSA) is 85.3 Å². The van der Waals surface area contributed by atoms with Crippen LogP contribution >= 0.6 is 27.7 Å². The zero-order chi connectivity index (χ0) is 25.2. The van der Waals surface area contributed by atoms with E-state index in [-0.39, 0.29) is 27.3 Å². The maximum atomic E-state index is 13.0. The van der Waals surface area contributed by atoms with Crippen molar-refractivity contribution in [2.75, 3.05) is 7.11 Å². The Balaban J connectivity index is 2.02. The fourth-order valence-electron chi connectivity index (χ4n) is 2.89. The van der Waals surface area contributed by atoms with Gasteiger partial charge in [0, 0.05) is 18.3 Å². The molecule has 2 aromatic carbocycles. The molecule has 12 heteroatoms. The largest absolute Gasteiger partial charge is 0.493 e. The number of methoxy groups -OCH3 is 1. The number of alkyl halides is 3. The molecule has 0 aromatic heterocycles. The van der Waals surface area contributed by atoms with E-state index in [0.717, 1.165) is 35.7 Å². The van der Waals surface area contributed by atoms with E-state index < -0.39 is 29.5 Å². The van der Waals surface area contributed by atoms with Crippen LogP contribution in [-0.2, 0) is 20.6 Å². The molecule has 3 rings (SSSR count). The number of ether oxygens (including phenoxy) is 2. The Morgan fingerprint density at radius 3 is 2.44 bits per heavy atom. The molecule has 0 saturated carbocycles. The van der Waals surface area contributed by atoms with Gasteiger partial charge in [0.25, 0.3) is 5.91 Å². The van der Waals surface area contributed by atoms with Crippen LogP contribution in [0.1, 0.15) is 25.0 Å². The summed E-state index contributed by atoms with van der Waals surface area (Å²) >= 11 is 4.17. The van der Waals surface area contributed by atoms with E-state index in [9.17, 15) is 27.6 Å². The molecule has 34 heavy (non-hydrogen) atoms. The first-order valence-electron chi connectivity index (χ1n) is 9.47. The molecular formula is C22H16BrF3N2O5S. The standard InChI is InChI=1S/C22H16BrF3N2O5S/c1-11(29)28-20(31)19(8-13-7-17(32-3)18(10-16(13)23)33-12(2)30)34-21(28)27-15-6-4-5-14(9-15)22(24,25)26/h4-10H,1-3H3/b19-8-,27-21?. The van der Waals surface area contributed by atoms with Gasteiger partial charge in [-0.05, 0) is 53.7 Å². The van der Waals surface area contributed by atoms with Crippen LogP contribution in [0.3, 0.4) is 0 Å². The molecule has 0 unspecified atom stereocenters. The lowest BCUT2D eigenvalue weighted by molar-refractivity contribution is -0.138. The monoisotopic (exact) mass is 556 g/mol. The van der Waals surface area contributed by atoms with Gasteiger partial charge in [0.1, 0.15) is 0 Å². The zero-order valence-corrected chi connectivity index (χ0v) is 20.3. The number of carbonyl (C=O) groups is 3. The van der Waals surface area contributed by atoms with E-state index in [1.807, 2.05) is 0 Å². The van der Waals surface area contributed by atoms with Crippen LogP contribution in [0.15, 0.2) is 50.8 Å². The van der Waals surface area contributed by atoms with Crippen molar-refractivity contribution < 1.29 is 37.0 Å². The Labute approximate surface area is 204 Å². The molecule has 0 spiro atoms. The summed E-state index contributed by atoms with van der Waals surface area (Å²) in [5.74, 6) is -1.49. The van der Waals surface area contributed by atoms with E-state index in [2.05, 4.69) is 20.9 Å². The van der Waals surface area contributed by atoms with Gasteiger partial charge >= 0.3 is 12.1 Å². The summed E-state index contributed by atoms with van der Waals surface area (Å²) in [5, 5.41) is -0.0808. The van der Waals surface area contributed by atoms with Crippen molar-refractivity contribution >= 4 is 62.4 Å². The highest BCUT2D eigenvalue weighted by molar-refractivity contribution is 9.10. The lowest BCUT2D eigenvalue weighted by Gasteiger charge is -2.11. The number of halogens is 4. The van der Waals surface area contributed by atoms with E-state index in [1.165, 1.54) is 44.4 Å². The van der Waals surface area contributed by atoms with Gasteiger partial charge in [-0.1, -0.05) is 22.0 Å². The van der Waals surface area contributed by atoms with Crippen molar-refractivity contribution in [3.05, 3.63) is 56.9 Å². The second-order valence-electron chi connectivity index (χ2n) is 6.83. The van der Waals surface area contributed by atoms with Crippen molar-refractivity contribution in [1.29, 1.82) is 0 Å². The maximum absolute atomic E-state index is 13.0. The van der Waals surface area contributed by atoms with Gasteiger partial charge in [-0.15, -0.1) is 0 Å². The van der Waals surface area contributed by atoms with Gasteiger partial charge in [-0.2, -0.15) is 13.2 Å². The molecule has 1 saturated heterocycles. The minimum atomic E-state index is -4.57. The molecule has 1 heterocycles. The number of amidine groups is 1. The number of amides is 2. The lowest BCUT2D eigenvalue weighted by Crippen LogP contribution is -2.33. The van der Waals surface area contributed by atoms with E-state index in [4.69, 9.17) is 9.47 Å². The number of hydrogen-bond acceptors (Lipinski definition) is 7. The molecule has 7 nitrogen and oxygen atoms in total. The zero-order valence-electron chi connectivity index (χ0n) is 17.9. The highest BCUT2D eigenvalue weighted by Gasteiger charge is 2.37. The number of imide groups is 1. The third kappa shape index (κ3) is 5.68. The Kier molecular flexibility index (Phi) is 7.51. The van der Waals surface area contributed by atoms with Crippen LogP contribution < -0.4 is 9.47 Å². The Morgan fingerprint density at radius 1 is 1.15 bits per heavy atom. The molecule has 0 atom stereocenters. The molecule has 1 aliphatic heterocycles. The number of carbonyl (C=O) groups excluding carboxylic acids is 3. The molecular weight excluding hydrogens is 541 g/mol. The van der Waals surface area contributed by atoms with Crippen LogP contribution in [0.25, 0.3) is 6.08 Å². The summed E-state index contributed by atoms with van der Waals surface area (Å²) in [7, 11) is 1.37. The van der Waals surface area contributed by atoms with E-state index >= 15 is 0 Å². The van der Waals surface area contributed by atoms with E-state index in [1.54, 1.807) is 0 Å². The van der Waals surface area contributed by atoms with Crippen molar-refractivity contribution in [3.8, 4) is 11.5 Å². The summed E-state index contributed by atoms with van der Waals surface area (Å²) in [6, 6.07) is 7.25. The summed E-state index contributed by atoms with van der Waals surface area (Å²) in [6.07, 6.45) is -3.11. The highest BCUT2D eigenvalue weighted by atomic mass is 79.9. The van der Waals surface area contributed by atoms with Crippen molar-refractivity contribution in [3.63, 3.8) is 0 Å². The van der Waals surface area contributed by atoms with Crippen molar-refractivity contribution in [1.82, 2.24) is 4.90 Å². The van der Waals surface area contributed by atoms with Gasteiger partial charge in [0.05, 0.1) is 23.3 Å². The fourth-order valence-corrected chi connectivity index (χ4v) is 4.34. The van der Waals surface area contributed by atoms with Crippen LogP contribution in [0, 0.1) is 0 Å². The first-order valence-corrected chi connectivity index (χ1v) is 11.1. The average Bonchev–Trinajstić information content (AvgIpc) is 3.03. The lowest BCUT2D eigenvalue weighted by atomic mass is 10.2. The summed E-state index contributed by atoms with van der Waals surface area (Å²) in [4.78, 5) is 41.3. The second-order valence-corrected chi connectivity index (χ2v) is 8.69. The number of hydrogen-bond donors (Lipinski definition) is 0. The maximum Gasteiger partial charge on any atom is 0.416 e. The van der Waals surface area contributed by atoms with Crippen molar-refractivity contribution in [2.45, 2.75) is 20.0 Å². The summed E-state index contributed by atoms with van der Waals surface area (Å²) < 4.78 is 49.9. The average molecular weight is 557 g/mol. The normalized spacial score (nSPS) is 16.3.